The first kappa shape index (κ1) is 25.6. The topological polar surface area (TPSA) is 24.1 Å². The predicted octanol–water partition coefficient (Wildman–Crippen LogP) is 6.69. The van der Waals surface area contributed by atoms with Gasteiger partial charge in [-0.15, -0.1) is 24.8 Å². The average molecular weight is 411 g/mol. The molecule has 0 aliphatic heterocycles. The molecule has 0 aromatic heterocycles. The average Bonchev–Trinajstić information content (AvgIpc) is 2.65. The molecule has 2 nitrogen and oxygen atoms in total. The van der Waals surface area contributed by atoms with Gasteiger partial charge in [-0.05, 0) is 54.9 Å². The molecule has 4 heteroatoms. The molecule has 0 saturated carbocycles. The van der Waals surface area contributed by atoms with E-state index < -0.39 is 0 Å². The van der Waals surface area contributed by atoms with Gasteiger partial charge in [0.1, 0.15) is 0 Å². The van der Waals surface area contributed by atoms with Crippen LogP contribution < -0.4 is 10.6 Å². The molecule has 0 bridgehead atoms. The molecule has 0 amide bonds. The molecule has 0 aliphatic carbocycles. The van der Waals surface area contributed by atoms with Crippen molar-refractivity contribution in [2.24, 2.45) is 0 Å². The molecular weight excluding hydrogens is 375 g/mol. The van der Waals surface area contributed by atoms with Gasteiger partial charge in [0.25, 0.3) is 0 Å². The zero-order valence-electron chi connectivity index (χ0n) is 17.4. The van der Waals surface area contributed by atoms with Crippen molar-refractivity contribution in [3.8, 4) is 0 Å². The molecule has 2 aromatic rings. The van der Waals surface area contributed by atoms with Gasteiger partial charge in [0.2, 0.25) is 0 Å². The Kier molecular flexibility index (Phi) is 12.2. The van der Waals surface area contributed by atoms with Crippen LogP contribution >= 0.6 is 24.8 Å². The normalized spacial score (nSPS) is 11.1. The summed E-state index contributed by atoms with van der Waals surface area (Å²) in [7, 11) is 0. The molecular formula is C23H36Cl2N2. The van der Waals surface area contributed by atoms with Crippen molar-refractivity contribution in [2.75, 3.05) is 17.2 Å². The molecule has 0 saturated heterocycles. The number of aryl methyl sites for hydroxylation is 4. The van der Waals surface area contributed by atoms with Gasteiger partial charge in [-0.2, -0.15) is 0 Å². The van der Waals surface area contributed by atoms with Crippen LogP contribution in [-0.2, 0) is 25.7 Å². The maximum atomic E-state index is 3.76. The molecule has 152 valence electrons. The summed E-state index contributed by atoms with van der Waals surface area (Å²) in [6.45, 7) is 12.1. The molecule has 0 heterocycles. The highest BCUT2D eigenvalue weighted by molar-refractivity contribution is 5.85. The Morgan fingerprint density at radius 3 is 1.41 bits per heavy atom. The first-order chi connectivity index (χ1) is 12.1. The van der Waals surface area contributed by atoms with Crippen LogP contribution in [0.4, 0.5) is 11.4 Å². The number of anilines is 2. The van der Waals surface area contributed by atoms with Crippen molar-refractivity contribution < 1.29 is 0 Å². The molecule has 0 aliphatic rings. The molecule has 2 aromatic carbocycles. The van der Waals surface area contributed by atoms with Crippen LogP contribution in [0.5, 0.6) is 0 Å². The van der Waals surface area contributed by atoms with Gasteiger partial charge in [-0.1, -0.05) is 64.1 Å². The van der Waals surface area contributed by atoms with Crippen LogP contribution in [0, 0.1) is 0 Å². The van der Waals surface area contributed by atoms with Crippen molar-refractivity contribution in [1.82, 2.24) is 0 Å². The van der Waals surface area contributed by atoms with E-state index in [2.05, 4.69) is 81.7 Å². The highest BCUT2D eigenvalue weighted by Crippen LogP contribution is 2.25. The van der Waals surface area contributed by atoms with Crippen molar-refractivity contribution in [2.45, 2.75) is 66.3 Å². The maximum Gasteiger partial charge on any atom is 0.0407 e. The highest BCUT2D eigenvalue weighted by atomic mass is 35.5. The quantitative estimate of drug-likeness (QED) is 0.480. The Hall–Kier alpha value is -1.38. The number of halogens is 2. The summed E-state index contributed by atoms with van der Waals surface area (Å²) >= 11 is 0. The summed E-state index contributed by atoms with van der Waals surface area (Å²) < 4.78 is 0. The largest absolute Gasteiger partial charge is 0.383 e. The number of rotatable bonds is 9. The van der Waals surface area contributed by atoms with E-state index in [1.54, 1.807) is 0 Å². The third-order valence-electron chi connectivity index (χ3n) is 4.97. The SMILES string of the molecule is CCc1cccc(CC)c1NCC(C)Nc1c(CC)cccc1CC.Cl.Cl. The minimum atomic E-state index is 0. The first-order valence-corrected chi connectivity index (χ1v) is 9.86. The van der Waals surface area contributed by atoms with Gasteiger partial charge < -0.3 is 10.6 Å². The van der Waals surface area contributed by atoms with Gasteiger partial charge >= 0.3 is 0 Å². The van der Waals surface area contributed by atoms with Crippen molar-refractivity contribution in [3.05, 3.63) is 58.7 Å². The van der Waals surface area contributed by atoms with Gasteiger partial charge in [-0.25, -0.2) is 0 Å². The second-order valence-electron chi connectivity index (χ2n) is 6.74. The van der Waals surface area contributed by atoms with Gasteiger partial charge in [0.05, 0.1) is 0 Å². The number of benzene rings is 2. The van der Waals surface area contributed by atoms with Gasteiger partial charge in [-0.3, -0.25) is 0 Å². The molecule has 1 atom stereocenters. The summed E-state index contributed by atoms with van der Waals surface area (Å²) in [5.41, 5.74) is 8.32. The van der Waals surface area contributed by atoms with Crippen LogP contribution in [0.3, 0.4) is 0 Å². The van der Waals surface area contributed by atoms with Crippen molar-refractivity contribution in [3.63, 3.8) is 0 Å². The molecule has 2 N–H and O–H groups in total. The predicted molar refractivity (Wildman–Crippen MR) is 126 cm³/mol. The summed E-state index contributed by atoms with van der Waals surface area (Å²) in [4.78, 5) is 0. The van der Waals surface area contributed by atoms with E-state index in [1.165, 1.54) is 33.6 Å². The molecule has 2 rings (SSSR count). The number of hydrogen-bond donors (Lipinski definition) is 2. The van der Waals surface area contributed by atoms with E-state index in [1.807, 2.05) is 0 Å². The molecule has 27 heavy (non-hydrogen) atoms. The molecule has 1 unspecified atom stereocenters. The molecule has 0 fully saturated rings. The van der Waals surface area contributed by atoms with E-state index in [4.69, 9.17) is 0 Å². The van der Waals surface area contributed by atoms with E-state index in [-0.39, 0.29) is 24.8 Å². The van der Waals surface area contributed by atoms with Crippen LogP contribution in [-0.4, -0.2) is 12.6 Å². The third-order valence-corrected chi connectivity index (χ3v) is 4.97. The van der Waals surface area contributed by atoms with Crippen molar-refractivity contribution >= 4 is 36.2 Å². The summed E-state index contributed by atoms with van der Waals surface area (Å²) in [5.74, 6) is 0. The van der Waals surface area contributed by atoms with E-state index in [0.29, 0.717) is 6.04 Å². The Balaban J connectivity index is 0.00000338. The maximum absolute atomic E-state index is 3.76. The lowest BCUT2D eigenvalue weighted by molar-refractivity contribution is 0.825. The monoisotopic (exact) mass is 410 g/mol. The lowest BCUT2D eigenvalue weighted by Crippen LogP contribution is -2.26. The zero-order chi connectivity index (χ0) is 18.2. The lowest BCUT2D eigenvalue weighted by Gasteiger charge is -2.23. The van der Waals surface area contributed by atoms with E-state index in [0.717, 1.165) is 32.2 Å². The summed E-state index contributed by atoms with van der Waals surface area (Å²) in [5, 5.41) is 7.48. The fraction of sp³-hybridized carbons (Fsp3) is 0.478. The third kappa shape index (κ3) is 6.62. The number of nitrogens with one attached hydrogen (secondary N) is 2. The summed E-state index contributed by atoms with van der Waals surface area (Å²) in [6, 6.07) is 13.7. The van der Waals surface area contributed by atoms with Gasteiger partial charge in [0.15, 0.2) is 0 Å². The Labute approximate surface area is 178 Å². The first-order valence-electron chi connectivity index (χ1n) is 9.86. The second kappa shape index (κ2) is 12.9. The van der Waals surface area contributed by atoms with Gasteiger partial charge in [0, 0.05) is 24.0 Å². The standard InChI is InChI=1S/C23H34N2.2ClH/c1-6-18-12-10-13-19(7-2)22(18)24-16-17(5)25-23-20(8-3)14-11-15-21(23)9-4;;/h10-15,17,24-25H,6-9,16H2,1-5H3;2*1H. The number of para-hydroxylation sites is 2. The zero-order valence-corrected chi connectivity index (χ0v) is 19.0. The van der Waals surface area contributed by atoms with E-state index >= 15 is 0 Å². The Bertz CT molecular complexity index is 642. The smallest absolute Gasteiger partial charge is 0.0407 e. The van der Waals surface area contributed by atoms with Crippen LogP contribution in [0.25, 0.3) is 0 Å². The fourth-order valence-electron chi connectivity index (χ4n) is 3.45. The second-order valence-corrected chi connectivity index (χ2v) is 6.74. The molecule has 0 radical (unpaired) electrons. The fourth-order valence-corrected chi connectivity index (χ4v) is 3.45. The minimum absolute atomic E-state index is 0. The van der Waals surface area contributed by atoms with E-state index in [9.17, 15) is 0 Å². The lowest BCUT2D eigenvalue weighted by atomic mass is 10.0. The van der Waals surface area contributed by atoms with Crippen LogP contribution in [0.15, 0.2) is 36.4 Å². The Morgan fingerprint density at radius 1 is 0.667 bits per heavy atom. The highest BCUT2D eigenvalue weighted by Gasteiger charge is 2.11. The minimum Gasteiger partial charge on any atom is -0.383 e. The van der Waals surface area contributed by atoms with Crippen molar-refractivity contribution in [1.29, 1.82) is 0 Å². The Morgan fingerprint density at radius 2 is 1.04 bits per heavy atom. The van der Waals surface area contributed by atoms with Crippen LogP contribution in [0.1, 0.15) is 56.9 Å². The number of hydrogen-bond acceptors (Lipinski definition) is 2. The molecule has 0 spiro atoms. The summed E-state index contributed by atoms with van der Waals surface area (Å²) in [6.07, 6.45) is 4.26. The van der Waals surface area contributed by atoms with Crippen LogP contribution in [0.2, 0.25) is 0 Å².